The molecule has 0 saturated heterocycles. The van der Waals surface area contributed by atoms with Crippen molar-refractivity contribution in [2.24, 2.45) is 0 Å². The van der Waals surface area contributed by atoms with Gasteiger partial charge < -0.3 is 10.1 Å². The maximum Gasteiger partial charge on any atom is 0.0727 e. The molecule has 0 bridgehead atoms. The smallest absolute Gasteiger partial charge is 0.0727 e. The molecule has 1 aliphatic rings. The fraction of sp³-hybridized carbons (Fsp3) is 0.692. The Morgan fingerprint density at radius 3 is 3.00 bits per heavy atom. The number of thiophene rings is 1. The molecule has 2 rings (SSSR count). The largest absolute Gasteiger partial charge is 0.377 e. The standard InChI is InChI=1S/C13H21NOS/c1-3-6-15-9-11-7-13(16-10(11)2)8-14-12-4-5-12/h7,12,14H,3-6,8-9H2,1-2H3. The van der Waals surface area contributed by atoms with Crippen LogP contribution in [-0.2, 0) is 17.9 Å². The third-order valence-corrected chi connectivity index (χ3v) is 3.91. The van der Waals surface area contributed by atoms with E-state index in [1.165, 1.54) is 28.2 Å². The van der Waals surface area contributed by atoms with Crippen LogP contribution in [0.2, 0.25) is 0 Å². The average Bonchev–Trinajstić information content (AvgIpc) is 3.02. The summed E-state index contributed by atoms with van der Waals surface area (Å²) in [5, 5.41) is 3.55. The first-order valence-electron chi connectivity index (χ1n) is 6.19. The third-order valence-electron chi connectivity index (χ3n) is 2.82. The van der Waals surface area contributed by atoms with Gasteiger partial charge in [0, 0.05) is 28.9 Å². The quantitative estimate of drug-likeness (QED) is 0.738. The number of nitrogens with one attached hydrogen (secondary N) is 1. The van der Waals surface area contributed by atoms with Gasteiger partial charge >= 0.3 is 0 Å². The van der Waals surface area contributed by atoms with E-state index in [0.717, 1.165) is 32.2 Å². The van der Waals surface area contributed by atoms with E-state index in [9.17, 15) is 0 Å². The van der Waals surface area contributed by atoms with Crippen LogP contribution in [-0.4, -0.2) is 12.6 Å². The van der Waals surface area contributed by atoms with Crippen molar-refractivity contribution >= 4 is 11.3 Å². The highest BCUT2D eigenvalue weighted by atomic mass is 32.1. The van der Waals surface area contributed by atoms with Crippen molar-refractivity contribution in [3.8, 4) is 0 Å². The van der Waals surface area contributed by atoms with E-state index >= 15 is 0 Å². The minimum atomic E-state index is 0.777. The van der Waals surface area contributed by atoms with Gasteiger partial charge in [-0.25, -0.2) is 0 Å². The van der Waals surface area contributed by atoms with E-state index in [-0.39, 0.29) is 0 Å². The van der Waals surface area contributed by atoms with Gasteiger partial charge in [-0.15, -0.1) is 11.3 Å². The minimum Gasteiger partial charge on any atom is -0.377 e. The molecule has 3 heteroatoms. The first-order valence-corrected chi connectivity index (χ1v) is 7.00. The second kappa shape index (κ2) is 5.80. The summed E-state index contributed by atoms with van der Waals surface area (Å²) in [5.41, 5.74) is 1.37. The summed E-state index contributed by atoms with van der Waals surface area (Å²) in [4.78, 5) is 2.85. The molecule has 1 heterocycles. The summed E-state index contributed by atoms with van der Waals surface area (Å²) in [6.07, 6.45) is 3.81. The number of hydrogen-bond acceptors (Lipinski definition) is 3. The molecule has 2 nitrogen and oxygen atoms in total. The molecule has 0 aliphatic heterocycles. The molecular weight excluding hydrogens is 218 g/mol. The minimum absolute atomic E-state index is 0.777. The Labute approximate surface area is 102 Å². The van der Waals surface area contributed by atoms with Crippen molar-refractivity contribution in [3.05, 3.63) is 21.4 Å². The molecule has 0 aromatic carbocycles. The van der Waals surface area contributed by atoms with Gasteiger partial charge in [0.25, 0.3) is 0 Å². The number of hydrogen-bond donors (Lipinski definition) is 1. The van der Waals surface area contributed by atoms with Crippen molar-refractivity contribution in [3.63, 3.8) is 0 Å². The molecule has 1 aliphatic carbocycles. The predicted octanol–water partition coefficient (Wildman–Crippen LogP) is 3.24. The highest BCUT2D eigenvalue weighted by molar-refractivity contribution is 7.12. The Morgan fingerprint density at radius 2 is 2.31 bits per heavy atom. The molecule has 1 fully saturated rings. The lowest BCUT2D eigenvalue weighted by atomic mass is 10.2. The predicted molar refractivity (Wildman–Crippen MR) is 68.9 cm³/mol. The average molecular weight is 239 g/mol. The first kappa shape index (κ1) is 12.1. The first-order chi connectivity index (χ1) is 7.79. The van der Waals surface area contributed by atoms with Crippen molar-refractivity contribution in [1.29, 1.82) is 0 Å². The van der Waals surface area contributed by atoms with Gasteiger partial charge in [0.05, 0.1) is 6.61 Å². The molecule has 1 saturated carbocycles. The van der Waals surface area contributed by atoms with Crippen LogP contribution in [0.4, 0.5) is 0 Å². The van der Waals surface area contributed by atoms with Crippen LogP contribution in [0.3, 0.4) is 0 Å². The zero-order chi connectivity index (χ0) is 11.4. The van der Waals surface area contributed by atoms with Gasteiger partial charge in [-0.2, -0.15) is 0 Å². The molecule has 0 unspecified atom stereocenters. The molecule has 0 radical (unpaired) electrons. The van der Waals surface area contributed by atoms with E-state index in [2.05, 4.69) is 25.2 Å². The van der Waals surface area contributed by atoms with Gasteiger partial charge in [-0.3, -0.25) is 0 Å². The van der Waals surface area contributed by atoms with Crippen LogP contribution in [0.15, 0.2) is 6.07 Å². The van der Waals surface area contributed by atoms with E-state index in [1.54, 1.807) is 0 Å². The van der Waals surface area contributed by atoms with Crippen LogP contribution in [0.5, 0.6) is 0 Å². The lowest BCUT2D eigenvalue weighted by Gasteiger charge is -2.00. The fourth-order valence-corrected chi connectivity index (χ4v) is 2.68. The topological polar surface area (TPSA) is 21.3 Å². The number of aryl methyl sites for hydroxylation is 1. The lowest BCUT2D eigenvalue weighted by Crippen LogP contribution is -2.14. The Morgan fingerprint density at radius 1 is 1.50 bits per heavy atom. The zero-order valence-electron chi connectivity index (χ0n) is 10.2. The Kier molecular flexibility index (Phi) is 4.38. The highest BCUT2D eigenvalue weighted by Crippen LogP contribution is 2.24. The van der Waals surface area contributed by atoms with Crippen molar-refractivity contribution < 1.29 is 4.74 Å². The zero-order valence-corrected chi connectivity index (χ0v) is 11.0. The van der Waals surface area contributed by atoms with Crippen LogP contribution < -0.4 is 5.32 Å². The monoisotopic (exact) mass is 239 g/mol. The SMILES string of the molecule is CCCOCc1cc(CNC2CC2)sc1C. The number of rotatable bonds is 7. The van der Waals surface area contributed by atoms with Gasteiger partial charge in [-0.05, 0) is 37.8 Å². The second-order valence-corrected chi connectivity index (χ2v) is 5.84. The van der Waals surface area contributed by atoms with Crippen molar-refractivity contribution in [1.82, 2.24) is 5.32 Å². The van der Waals surface area contributed by atoms with Gasteiger partial charge in [0.2, 0.25) is 0 Å². The lowest BCUT2D eigenvalue weighted by molar-refractivity contribution is 0.121. The number of ether oxygens (including phenoxy) is 1. The van der Waals surface area contributed by atoms with Crippen molar-refractivity contribution in [2.75, 3.05) is 6.61 Å². The Balaban J connectivity index is 1.81. The van der Waals surface area contributed by atoms with E-state index in [1.807, 2.05) is 11.3 Å². The summed E-state index contributed by atoms with van der Waals surface area (Å²) >= 11 is 1.90. The maximum absolute atomic E-state index is 5.59. The molecule has 1 aromatic heterocycles. The molecule has 90 valence electrons. The highest BCUT2D eigenvalue weighted by Gasteiger charge is 2.20. The van der Waals surface area contributed by atoms with E-state index in [0.29, 0.717) is 0 Å². The molecular formula is C13H21NOS. The van der Waals surface area contributed by atoms with Gasteiger partial charge in [-0.1, -0.05) is 6.92 Å². The summed E-state index contributed by atoms with van der Waals surface area (Å²) < 4.78 is 5.59. The Bertz CT molecular complexity index is 331. The second-order valence-electron chi connectivity index (χ2n) is 4.50. The Hall–Kier alpha value is -0.380. The molecule has 0 amide bonds. The van der Waals surface area contributed by atoms with Gasteiger partial charge in [0.1, 0.15) is 0 Å². The van der Waals surface area contributed by atoms with Crippen LogP contribution >= 0.6 is 11.3 Å². The third kappa shape index (κ3) is 3.58. The van der Waals surface area contributed by atoms with Crippen LogP contribution in [0.25, 0.3) is 0 Å². The van der Waals surface area contributed by atoms with Crippen molar-refractivity contribution in [2.45, 2.75) is 52.3 Å². The van der Waals surface area contributed by atoms with Gasteiger partial charge in [0.15, 0.2) is 0 Å². The molecule has 1 aromatic rings. The van der Waals surface area contributed by atoms with Crippen LogP contribution in [0.1, 0.15) is 41.5 Å². The van der Waals surface area contributed by atoms with Crippen LogP contribution in [0, 0.1) is 6.92 Å². The molecule has 1 N–H and O–H groups in total. The molecule has 0 spiro atoms. The maximum atomic E-state index is 5.59. The summed E-state index contributed by atoms with van der Waals surface area (Å²) in [6.45, 7) is 7.01. The molecule has 0 atom stereocenters. The summed E-state index contributed by atoms with van der Waals surface area (Å²) in [5.74, 6) is 0. The summed E-state index contributed by atoms with van der Waals surface area (Å²) in [7, 11) is 0. The molecule has 16 heavy (non-hydrogen) atoms. The normalized spacial score (nSPS) is 15.6. The fourth-order valence-electron chi connectivity index (χ4n) is 1.68. The summed E-state index contributed by atoms with van der Waals surface area (Å²) in [6, 6.07) is 3.09. The van der Waals surface area contributed by atoms with E-state index < -0.39 is 0 Å². The van der Waals surface area contributed by atoms with E-state index in [4.69, 9.17) is 4.74 Å².